The van der Waals surface area contributed by atoms with Gasteiger partial charge in [-0.05, 0) is 23.3 Å². The summed E-state index contributed by atoms with van der Waals surface area (Å²) in [5.74, 6) is 0.706. The monoisotopic (exact) mass is 192 g/mol. The maximum absolute atomic E-state index is 6.02. The second kappa shape index (κ2) is 3.27. The quantitative estimate of drug-likeness (QED) is 0.673. The summed E-state index contributed by atoms with van der Waals surface area (Å²) in [5, 5.41) is 0.642. The molecule has 2 aliphatic carbocycles. The minimum atomic E-state index is 0.642. The van der Waals surface area contributed by atoms with Crippen LogP contribution < -0.4 is 4.74 Å². The SMILES string of the molecule is COc1ccc2cccc-2cc1Cl. The molecule has 0 fully saturated rings. The fourth-order valence-corrected chi connectivity index (χ4v) is 1.61. The molecule has 1 nitrogen and oxygen atoms in total. The fraction of sp³-hybridized carbons (Fsp3) is 0.0909. The van der Waals surface area contributed by atoms with Gasteiger partial charge in [0, 0.05) is 0 Å². The maximum atomic E-state index is 6.02. The van der Waals surface area contributed by atoms with Crippen LogP contribution in [-0.2, 0) is 0 Å². The molecule has 0 unspecified atom stereocenters. The number of fused-ring (bicyclic) bond motifs is 1. The molecule has 2 aliphatic rings. The summed E-state index contributed by atoms with van der Waals surface area (Å²) < 4.78 is 5.11. The van der Waals surface area contributed by atoms with Gasteiger partial charge in [-0.15, -0.1) is 0 Å². The van der Waals surface area contributed by atoms with E-state index < -0.39 is 0 Å². The molecule has 13 heavy (non-hydrogen) atoms. The molecule has 0 heterocycles. The molecule has 2 rings (SSSR count). The standard InChI is InChI=1S/C11H9ClO/c1-13-11-6-5-8-3-2-4-9(8)7-10(11)12/h2-7H,1H3. The van der Waals surface area contributed by atoms with Crippen LogP contribution in [0.1, 0.15) is 0 Å². The summed E-state index contributed by atoms with van der Waals surface area (Å²) >= 11 is 6.02. The molecule has 0 saturated heterocycles. The van der Waals surface area contributed by atoms with Crippen molar-refractivity contribution < 1.29 is 4.74 Å². The van der Waals surface area contributed by atoms with E-state index in [9.17, 15) is 0 Å². The summed E-state index contributed by atoms with van der Waals surface area (Å²) in [6.45, 7) is 0. The Morgan fingerprint density at radius 3 is 2.62 bits per heavy atom. The first-order valence-corrected chi connectivity index (χ1v) is 4.41. The number of ether oxygens (including phenoxy) is 1. The third-order valence-electron chi connectivity index (χ3n) is 2.04. The van der Waals surface area contributed by atoms with Crippen molar-refractivity contribution in [2.75, 3.05) is 7.11 Å². The minimum absolute atomic E-state index is 0.642. The molecule has 0 aliphatic heterocycles. The molecule has 0 amide bonds. The molecule has 66 valence electrons. The Balaban J connectivity index is 2.67. The van der Waals surface area contributed by atoms with Crippen LogP contribution in [-0.4, -0.2) is 7.11 Å². The van der Waals surface area contributed by atoms with E-state index in [4.69, 9.17) is 16.3 Å². The van der Waals surface area contributed by atoms with E-state index in [0.717, 1.165) is 5.56 Å². The largest absolute Gasteiger partial charge is 0.495 e. The Morgan fingerprint density at radius 2 is 1.85 bits per heavy atom. The second-order valence-electron chi connectivity index (χ2n) is 2.83. The zero-order chi connectivity index (χ0) is 9.26. The van der Waals surface area contributed by atoms with Gasteiger partial charge in [-0.1, -0.05) is 35.9 Å². The predicted octanol–water partition coefficient (Wildman–Crippen LogP) is 3.45. The highest BCUT2D eigenvalue weighted by atomic mass is 35.5. The summed E-state index contributed by atoms with van der Waals surface area (Å²) in [6.07, 6.45) is 0. The van der Waals surface area contributed by atoms with Gasteiger partial charge in [-0.25, -0.2) is 0 Å². The molecule has 0 aromatic rings. The zero-order valence-corrected chi connectivity index (χ0v) is 8.01. The van der Waals surface area contributed by atoms with Gasteiger partial charge in [-0.3, -0.25) is 0 Å². The van der Waals surface area contributed by atoms with E-state index in [1.54, 1.807) is 7.11 Å². The molecule has 0 bridgehead atoms. The molecule has 0 N–H and O–H groups in total. The van der Waals surface area contributed by atoms with Gasteiger partial charge in [0.1, 0.15) is 5.75 Å². The Kier molecular flexibility index (Phi) is 2.11. The number of methoxy groups -OCH3 is 1. The van der Waals surface area contributed by atoms with Crippen molar-refractivity contribution in [2.45, 2.75) is 0 Å². The van der Waals surface area contributed by atoms with Crippen molar-refractivity contribution in [2.24, 2.45) is 0 Å². The predicted molar refractivity (Wildman–Crippen MR) is 54.6 cm³/mol. The first-order valence-electron chi connectivity index (χ1n) is 4.03. The summed E-state index contributed by atoms with van der Waals surface area (Å²) in [7, 11) is 1.62. The van der Waals surface area contributed by atoms with Gasteiger partial charge < -0.3 is 4.74 Å². The average molecular weight is 193 g/mol. The lowest BCUT2D eigenvalue weighted by atomic mass is 10.2. The van der Waals surface area contributed by atoms with Crippen LogP contribution in [0.5, 0.6) is 5.75 Å². The van der Waals surface area contributed by atoms with E-state index in [0.29, 0.717) is 10.8 Å². The van der Waals surface area contributed by atoms with Crippen molar-refractivity contribution in [1.82, 2.24) is 0 Å². The second-order valence-corrected chi connectivity index (χ2v) is 3.24. The van der Waals surface area contributed by atoms with E-state index in [2.05, 4.69) is 0 Å². The van der Waals surface area contributed by atoms with Crippen molar-refractivity contribution >= 4 is 11.6 Å². The third kappa shape index (κ3) is 1.47. The van der Waals surface area contributed by atoms with Crippen molar-refractivity contribution in [3.8, 4) is 16.9 Å². The number of hydrogen-bond acceptors (Lipinski definition) is 1. The molecule has 2 heteroatoms. The Morgan fingerprint density at radius 1 is 1.08 bits per heavy atom. The average Bonchev–Trinajstić information content (AvgIpc) is 2.48. The molecule has 0 aromatic heterocycles. The van der Waals surface area contributed by atoms with Gasteiger partial charge in [0.15, 0.2) is 0 Å². The molecular weight excluding hydrogens is 184 g/mol. The lowest BCUT2D eigenvalue weighted by Gasteiger charge is -1.95. The van der Waals surface area contributed by atoms with Gasteiger partial charge in [0.25, 0.3) is 0 Å². The Bertz CT molecular complexity index is 398. The van der Waals surface area contributed by atoms with Gasteiger partial charge in [0.2, 0.25) is 0 Å². The number of rotatable bonds is 1. The fourth-order valence-electron chi connectivity index (χ4n) is 1.35. The summed E-state index contributed by atoms with van der Waals surface area (Å²) in [4.78, 5) is 0. The molecule has 0 aromatic carbocycles. The van der Waals surface area contributed by atoms with Crippen LogP contribution in [0.2, 0.25) is 5.02 Å². The number of halogens is 1. The smallest absolute Gasteiger partial charge is 0.137 e. The highest BCUT2D eigenvalue weighted by Gasteiger charge is 2.03. The van der Waals surface area contributed by atoms with Crippen molar-refractivity contribution in [3.63, 3.8) is 0 Å². The normalized spacial score (nSPS) is 10.3. The van der Waals surface area contributed by atoms with Crippen LogP contribution in [0.4, 0.5) is 0 Å². The van der Waals surface area contributed by atoms with Crippen LogP contribution in [0.25, 0.3) is 11.1 Å². The van der Waals surface area contributed by atoms with E-state index in [1.807, 2.05) is 36.4 Å². The highest BCUT2D eigenvalue weighted by molar-refractivity contribution is 6.32. The summed E-state index contributed by atoms with van der Waals surface area (Å²) in [6, 6.07) is 11.9. The van der Waals surface area contributed by atoms with Gasteiger partial charge >= 0.3 is 0 Å². The zero-order valence-electron chi connectivity index (χ0n) is 7.25. The van der Waals surface area contributed by atoms with E-state index in [1.165, 1.54) is 5.56 Å². The number of hydrogen-bond donors (Lipinski definition) is 0. The topological polar surface area (TPSA) is 9.23 Å². The lowest BCUT2D eigenvalue weighted by Crippen LogP contribution is -1.79. The summed E-state index contributed by atoms with van der Waals surface area (Å²) in [5.41, 5.74) is 2.30. The van der Waals surface area contributed by atoms with Crippen LogP contribution in [0, 0.1) is 0 Å². The van der Waals surface area contributed by atoms with Crippen LogP contribution >= 0.6 is 11.6 Å². The Hall–Kier alpha value is -1.21. The molecular formula is C11H9ClO. The van der Waals surface area contributed by atoms with Crippen molar-refractivity contribution in [1.29, 1.82) is 0 Å². The minimum Gasteiger partial charge on any atom is -0.495 e. The first-order chi connectivity index (χ1) is 6.31. The molecule has 0 saturated carbocycles. The van der Waals surface area contributed by atoms with E-state index >= 15 is 0 Å². The molecule has 0 radical (unpaired) electrons. The van der Waals surface area contributed by atoms with Crippen LogP contribution in [0.15, 0.2) is 36.4 Å². The van der Waals surface area contributed by atoms with Crippen LogP contribution in [0.3, 0.4) is 0 Å². The van der Waals surface area contributed by atoms with Gasteiger partial charge in [-0.2, -0.15) is 0 Å². The molecule has 0 spiro atoms. The van der Waals surface area contributed by atoms with Gasteiger partial charge in [0.05, 0.1) is 12.1 Å². The molecule has 0 atom stereocenters. The third-order valence-corrected chi connectivity index (χ3v) is 2.33. The first kappa shape index (κ1) is 8.39. The maximum Gasteiger partial charge on any atom is 0.137 e. The van der Waals surface area contributed by atoms with E-state index in [-0.39, 0.29) is 0 Å². The highest BCUT2D eigenvalue weighted by Crippen LogP contribution is 2.30. The Labute approximate surface area is 82.2 Å². The lowest BCUT2D eigenvalue weighted by molar-refractivity contribution is 0.415. The van der Waals surface area contributed by atoms with Crippen molar-refractivity contribution in [3.05, 3.63) is 41.4 Å².